The molecule has 7 heteroatoms. The maximum Gasteiger partial charge on any atom is 0.269 e. The lowest BCUT2D eigenvalue weighted by Gasteiger charge is -2.16. The van der Waals surface area contributed by atoms with E-state index < -0.39 is 4.92 Å². The molecule has 0 radical (unpaired) electrons. The van der Waals surface area contributed by atoms with Crippen molar-refractivity contribution in [3.05, 3.63) is 46.0 Å². The van der Waals surface area contributed by atoms with Crippen molar-refractivity contribution in [2.24, 2.45) is 7.05 Å². The van der Waals surface area contributed by atoms with E-state index in [0.29, 0.717) is 0 Å². The summed E-state index contributed by atoms with van der Waals surface area (Å²) < 4.78 is 1.83. The van der Waals surface area contributed by atoms with Crippen LogP contribution in [-0.4, -0.2) is 19.7 Å². The number of benzene rings is 1. The van der Waals surface area contributed by atoms with E-state index in [4.69, 9.17) is 0 Å². The summed E-state index contributed by atoms with van der Waals surface area (Å²) in [5, 5.41) is 21.8. The first-order valence-electron chi connectivity index (χ1n) is 5.84. The van der Waals surface area contributed by atoms with Crippen molar-refractivity contribution >= 4 is 11.4 Å². The summed E-state index contributed by atoms with van der Waals surface area (Å²) >= 11 is 0. The number of rotatable bonds is 4. The van der Waals surface area contributed by atoms with Gasteiger partial charge in [0.05, 0.1) is 11.0 Å². The van der Waals surface area contributed by atoms with Gasteiger partial charge in [-0.25, -0.2) is 0 Å². The average Bonchev–Trinajstić information content (AvgIpc) is 2.77. The van der Waals surface area contributed by atoms with E-state index >= 15 is 0 Å². The van der Waals surface area contributed by atoms with Gasteiger partial charge >= 0.3 is 0 Å². The van der Waals surface area contributed by atoms with Crippen LogP contribution in [0.25, 0.3) is 0 Å². The van der Waals surface area contributed by atoms with Crippen molar-refractivity contribution in [2.75, 3.05) is 5.32 Å². The maximum absolute atomic E-state index is 10.7. The fourth-order valence-corrected chi connectivity index (χ4v) is 1.91. The molecule has 0 aliphatic carbocycles. The number of aryl methyl sites for hydroxylation is 2. The molecule has 100 valence electrons. The number of nitro benzene ring substituents is 1. The molecule has 0 amide bonds. The third-order valence-corrected chi connectivity index (χ3v) is 2.93. The Morgan fingerprint density at radius 1 is 1.47 bits per heavy atom. The van der Waals surface area contributed by atoms with Crippen LogP contribution in [0.2, 0.25) is 0 Å². The molecule has 1 aromatic heterocycles. The van der Waals surface area contributed by atoms with Gasteiger partial charge in [-0.3, -0.25) is 10.1 Å². The fraction of sp³-hybridized carbons (Fsp3) is 0.333. The number of hydrogen-bond acceptors (Lipinski definition) is 5. The second-order valence-corrected chi connectivity index (χ2v) is 4.42. The molecule has 1 unspecified atom stereocenters. The Hall–Kier alpha value is -2.44. The van der Waals surface area contributed by atoms with Crippen molar-refractivity contribution in [1.82, 2.24) is 14.8 Å². The van der Waals surface area contributed by atoms with Crippen LogP contribution in [0.15, 0.2) is 24.5 Å². The highest BCUT2D eigenvalue weighted by atomic mass is 16.6. The molecule has 19 heavy (non-hydrogen) atoms. The Morgan fingerprint density at radius 2 is 2.21 bits per heavy atom. The standard InChI is InChI=1S/C12H15N5O2/c1-8-6-10(17(18)19)4-5-11(8)14-9(2)12-15-13-7-16(12)3/h4-7,9,14H,1-3H3. The lowest BCUT2D eigenvalue weighted by molar-refractivity contribution is -0.384. The van der Waals surface area contributed by atoms with Crippen molar-refractivity contribution in [1.29, 1.82) is 0 Å². The van der Waals surface area contributed by atoms with Crippen LogP contribution >= 0.6 is 0 Å². The van der Waals surface area contributed by atoms with Crippen molar-refractivity contribution in [3.63, 3.8) is 0 Å². The quantitative estimate of drug-likeness (QED) is 0.673. The second kappa shape index (κ2) is 5.05. The molecule has 0 aliphatic rings. The van der Waals surface area contributed by atoms with Gasteiger partial charge in [0, 0.05) is 24.9 Å². The van der Waals surface area contributed by atoms with Crippen molar-refractivity contribution in [3.8, 4) is 0 Å². The van der Waals surface area contributed by atoms with Crippen molar-refractivity contribution in [2.45, 2.75) is 19.9 Å². The summed E-state index contributed by atoms with van der Waals surface area (Å²) in [6, 6.07) is 4.71. The topological polar surface area (TPSA) is 85.9 Å². The van der Waals surface area contributed by atoms with Crippen LogP contribution in [0.5, 0.6) is 0 Å². The lowest BCUT2D eigenvalue weighted by Crippen LogP contribution is -2.12. The Balaban J connectivity index is 2.20. The first-order chi connectivity index (χ1) is 8.99. The zero-order valence-electron chi connectivity index (χ0n) is 11.0. The third-order valence-electron chi connectivity index (χ3n) is 2.93. The number of anilines is 1. The highest BCUT2D eigenvalue weighted by Gasteiger charge is 2.13. The number of nitro groups is 1. The van der Waals surface area contributed by atoms with E-state index in [9.17, 15) is 10.1 Å². The largest absolute Gasteiger partial charge is 0.375 e. The van der Waals surface area contributed by atoms with Gasteiger partial charge in [0.2, 0.25) is 0 Å². The molecule has 1 atom stereocenters. The van der Waals surface area contributed by atoms with E-state index in [-0.39, 0.29) is 11.7 Å². The highest BCUT2D eigenvalue weighted by Crippen LogP contribution is 2.24. The van der Waals surface area contributed by atoms with Gasteiger partial charge < -0.3 is 9.88 Å². The minimum absolute atomic E-state index is 0.0346. The average molecular weight is 261 g/mol. The molecular weight excluding hydrogens is 246 g/mol. The number of hydrogen-bond donors (Lipinski definition) is 1. The van der Waals surface area contributed by atoms with Gasteiger partial charge in [-0.05, 0) is 25.5 Å². The Morgan fingerprint density at radius 3 is 2.74 bits per heavy atom. The fourth-order valence-electron chi connectivity index (χ4n) is 1.91. The molecule has 0 aliphatic heterocycles. The Labute approximate surface area is 110 Å². The number of aromatic nitrogens is 3. The van der Waals surface area contributed by atoms with Crippen LogP contribution in [0.1, 0.15) is 24.4 Å². The van der Waals surface area contributed by atoms with Gasteiger partial charge in [0.1, 0.15) is 6.33 Å². The van der Waals surface area contributed by atoms with Crippen LogP contribution in [-0.2, 0) is 7.05 Å². The number of non-ortho nitro benzene ring substituents is 1. The zero-order valence-corrected chi connectivity index (χ0v) is 11.0. The van der Waals surface area contributed by atoms with Gasteiger partial charge in [-0.1, -0.05) is 0 Å². The van der Waals surface area contributed by atoms with Crippen LogP contribution in [0.4, 0.5) is 11.4 Å². The first-order valence-corrected chi connectivity index (χ1v) is 5.84. The molecule has 0 spiro atoms. The molecule has 0 saturated carbocycles. The Kier molecular flexibility index (Phi) is 3.46. The van der Waals surface area contributed by atoms with Gasteiger partial charge in [0.15, 0.2) is 5.82 Å². The molecular formula is C12H15N5O2. The van der Waals surface area contributed by atoms with Gasteiger partial charge in [0.25, 0.3) is 5.69 Å². The first kappa shape index (κ1) is 13.0. The zero-order chi connectivity index (χ0) is 14.0. The maximum atomic E-state index is 10.7. The SMILES string of the molecule is Cc1cc([N+](=O)[O-])ccc1NC(C)c1nncn1C. The molecule has 1 heterocycles. The van der Waals surface area contributed by atoms with E-state index in [1.165, 1.54) is 6.07 Å². The van der Waals surface area contributed by atoms with E-state index in [2.05, 4.69) is 15.5 Å². The molecule has 1 N–H and O–H groups in total. The number of nitrogens with zero attached hydrogens (tertiary/aromatic N) is 4. The molecule has 0 saturated heterocycles. The van der Waals surface area contributed by atoms with Crippen LogP contribution < -0.4 is 5.32 Å². The smallest absolute Gasteiger partial charge is 0.269 e. The molecule has 2 rings (SSSR count). The van der Waals surface area contributed by atoms with E-state index in [1.807, 2.05) is 25.5 Å². The van der Waals surface area contributed by atoms with Gasteiger partial charge in [-0.15, -0.1) is 10.2 Å². The Bertz CT molecular complexity index is 608. The lowest BCUT2D eigenvalue weighted by atomic mass is 10.1. The van der Waals surface area contributed by atoms with E-state index in [1.54, 1.807) is 18.5 Å². The van der Waals surface area contributed by atoms with E-state index in [0.717, 1.165) is 17.1 Å². The molecule has 2 aromatic rings. The predicted octanol–water partition coefficient (Wildman–Crippen LogP) is 2.20. The summed E-state index contributed by atoms with van der Waals surface area (Å²) in [7, 11) is 1.87. The minimum atomic E-state index is -0.400. The summed E-state index contributed by atoms with van der Waals surface area (Å²) in [4.78, 5) is 10.3. The summed E-state index contributed by atoms with van der Waals surface area (Å²) in [6.07, 6.45) is 1.64. The molecule has 0 fully saturated rings. The summed E-state index contributed by atoms with van der Waals surface area (Å²) in [6.45, 7) is 3.80. The second-order valence-electron chi connectivity index (χ2n) is 4.42. The normalized spacial score (nSPS) is 12.2. The predicted molar refractivity (Wildman–Crippen MR) is 70.9 cm³/mol. The van der Waals surface area contributed by atoms with Crippen LogP contribution in [0, 0.1) is 17.0 Å². The number of nitrogens with one attached hydrogen (secondary N) is 1. The van der Waals surface area contributed by atoms with Crippen LogP contribution in [0.3, 0.4) is 0 Å². The molecule has 7 nitrogen and oxygen atoms in total. The highest BCUT2D eigenvalue weighted by molar-refractivity contribution is 5.56. The van der Waals surface area contributed by atoms with Crippen molar-refractivity contribution < 1.29 is 4.92 Å². The summed E-state index contributed by atoms with van der Waals surface area (Å²) in [5.74, 6) is 0.803. The molecule has 1 aromatic carbocycles. The monoisotopic (exact) mass is 261 g/mol. The van der Waals surface area contributed by atoms with Gasteiger partial charge in [-0.2, -0.15) is 0 Å². The third kappa shape index (κ3) is 2.70. The minimum Gasteiger partial charge on any atom is -0.375 e. The molecule has 0 bridgehead atoms. The summed E-state index contributed by atoms with van der Waals surface area (Å²) in [5.41, 5.74) is 1.76.